The quantitative estimate of drug-likeness (QED) is 0.325. The molecule has 6 N–H and O–H groups in total. The normalized spacial score (nSPS) is 28.6. The third kappa shape index (κ3) is 3.39. The zero-order valence-electron chi connectivity index (χ0n) is 15.2. The van der Waals surface area contributed by atoms with E-state index in [2.05, 4.69) is 15.0 Å². The molecule has 1 saturated heterocycles. The number of rotatable bonds is 5. The van der Waals surface area contributed by atoms with Crippen LogP contribution in [0, 0.1) is 0 Å². The van der Waals surface area contributed by atoms with Crippen LogP contribution >= 0.6 is 7.75 Å². The minimum atomic E-state index is -4.23. The van der Waals surface area contributed by atoms with Crippen LogP contribution in [-0.4, -0.2) is 79.3 Å². The molecule has 2 unspecified atom stereocenters. The molecule has 29 heavy (non-hydrogen) atoms. The largest absolute Gasteiger partial charge is 0.437 e. The monoisotopic (exact) mass is 429 g/mol. The van der Waals surface area contributed by atoms with Gasteiger partial charge in [0.1, 0.15) is 30.3 Å². The van der Waals surface area contributed by atoms with E-state index in [-0.39, 0.29) is 24.1 Å². The first-order valence-electron chi connectivity index (χ1n) is 8.54. The highest BCUT2D eigenvalue weighted by atomic mass is 31.2. The zero-order chi connectivity index (χ0) is 20.9. The molecule has 15 heteroatoms. The molecular formula is C14H20N7O7P. The number of aromatic nitrogens is 4. The van der Waals surface area contributed by atoms with Crippen LogP contribution in [-0.2, 0) is 13.8 Å². The van der Waals surface area contributed by atoms with Gasteiger partial charge in [0.25, 0.3) is 5.56 Å². The molecule has 4 rings (SSSR count). The third-order valence-electron chi connectivity index (χ3n) is 4.75. The summed E-state index contributed by atoms with van der Waals surface area (Å²) in [7, 11) is -2.58. The van der Waals surface area contributed by atoms with Gasteiger partial charge in [0.2, 0.25) is 5.95 Å². The number of ether oxygens (including phenoxy) is 1. The fourth-order valence-electron chi connectivity index (χ4n) is 3.35. The molecule has 2 aliphatic rings. The van der Waals surface area contributed by atoms with Crippen molar-refractivity contribution in [2.75, 3.05) is 35.9 Å². The summed E-state index contributed by atoms with van der Waals surface area (Å²) in [4.78, 5) is 35.4. The summed E-state index contributed by atoms with van der Waals surface area (Å²) < 4.78 is 23.8. The minimum absolute atomic E-state index is 0.108. The van der Waals surface area contributed by atoms with Gasteiger partial charge in [0.05, 0.1) is 13.3 Å². The molecule has 158 valence electrons. The molecule has 2 aliphatic heterocycles. The average molecular weight is 429 g/mol. The number of aromatic amines is 1. The Labute approximate surface area is 163 Å². The van der Waals surface area contributed by atoms with Crippen LogP contribution < -0.4 is 21.1 Å². The maximum atomic E-state index is 12.2. The van der Waals surface area contributed by atoms with Crippen molar-refractivity contribution in [3.8, 4) is 0 Å². The van der Waals surface area contributed by atoms with Gasteiger partial charge < -0.3 is 35.4 Å². The van der Waals surface area contributed by atoms with Gasteiger partial charge in [-0.2, -0.15) is 4.98 Å². The number of imidazole rings is 1. The lowest BCUT2D eigenvalue weighted by Gasteiger charge is -2.27. The Morgan fingerprint density at radius 1 is 1.45 bits per heavy atom. The molecule has 0 aromatic carbocycles. The van der Waals surface area contributed by atoms with Gasteiger partial charge in [-0.1, -0.05) is 0 Å². The van der Waals surface area contributed by atoms with Crippen LogP contribution in [0.2, 0.25) is 0 Å². The molecule has 4 heterocycles. The molecule has 14 nitrogen and oxygen atoms in total. The first-order valence-corrected chi connectivity index (χ1v) is 10.1. The third-order valence-corrected chi connectivity index (χ3v) is 6.05. The fraction of sp³-hybridized carbons (Fsp3) is 0.500. The maximum absolute atomic E-state index is 12.2. The van der Waals surface area contributed by atoms with Crippen LogP contribution in [0.25, 0.3) is 0 Å². The summed E-state index contributed by atoms with van der Waals surface area (Å²) in [6.07, 6.45) is -1.29. The van der Waals surface area contributed by atoms with E-state index >= 15 is 0 Å². The average Bonchev–Trinajstić information content (AvgIpc) is 3.35. The van der Waals surface area contributed by atoms with E-state index in [0.717, 1.165) is 10.7 Å². The highest BCUT2D eigenvalue weighted by molar-refractivity contribution is 7.51. The Hall–Kier alpha value is -2.48. The van der Waals surface area contributed by atoms with E-state index in [0.29, 0.717) is 0 Å². The number of nitrogens with two attached hydrogens (primary N) is 1. The van der Waals surface area contributed by atoms with Gasteiger partial charge in [-0.3, -0.25) is 14.3 Å². The Morgan fingerprint density at radius 2 is 2.21 bits per heavy atom. The smallest absolute Gasteiger partial charge is 0.387 e. The van der Waals surface area contributed by atoms with Crippen LogP contribution in [0.1, 0.15) is 0 Å². The van der Waals surface area contributed by atoms with Crippen molar-refractivity contribution in [2.45, 2.75) is 24.5 Å². The lowest BCUT2D eigenvalue weighted by Crippen LogP contribution is -2.45. The topological polar surface area (TPSA) is 192 Å². The molecular weight excluding hydrogens is 409 g/mol. The van der Waals surface area contributed by atoms with Gasteiger partial charge in [-0.25, -0.2) is 13.9 Å². The maximum Gasteiger partial charge on any atom is 0.437 e. The predicted octanol–water partition coefficient (Wildman–Crippen LogP) is -2.13. The van der Waals surface area contributed by atoms with Crippen LogP contribution in [0.3, 0.4) is 0 Å². The number of fused-ring (bicyclic) bond motifs is 1. The summed E-state index contributed by atoms with van der Waals surface area (Å²) >= 11 is 0. The van der Waals surface area contributed by atoms with Gasteiger partial charge in [0, 0.05) is 19.4 Å². The second kappa shape index (κ2) is 7.09. The van der Waals surface area contributed by atoms with Crippen molar-refractivity contribution in [1.29, 1.82) is 0 Å². The van der Waals surface area contributed by atoms with Gasteiger partial charge in [-0.05, 0) is 0 Å². The molecule has 0 spiro atoms. The summed E-state index contributed by atoms with van der Waals surface area (Å²) in [6.45, 7) is -0.327. The minimum Gasteiger partial charge on any atom is -0.387 e. The van der Waals surface area contributed by atoms with Crippen LogP contribution in [0.15, 0.2) is 23.5 Å². The first kappa shape index (κ1) is 19.8. The fourth-order valence-corrected chi connectivity index (χ4v) is 4.24. The number of hydrogen-bond acceptors (Lipinski definition) is 11. The Bertz CT molecular complexity index is 999. The molecule has 0 bridgehead atoms. The second-order valence-corrected chi connectivity index (χ2v) is 8.41. The van der Waals surface area contributed by atoms with E-state index < -0.39 is 44.5 Å². The Balaban J connectivity index is 1.52. The lowest BCUT2D eigenvalue weighted by atomic mass is 10.1. The standard InChI is InChI=1S/C14H20N7O7P/c1-19-6-21(11-8(19)12(24)18-14(15)17-11)13-10(23)9(22)7(28-13)4-27-29(25,26)20-3-2-16-5-20/h2-3,5,7,9-10,13,22-23H,4,6H2,1H3,(H,25,26)(H3,15,17,18,24)/t7-,9?,10+,13-/m0/s1. The molecule has 2 aromatic rings. The highest BCUT2D eigenvalue weighted by Crippen LogP contribution is 2.44. The number of nitrogens with zero attached hydrogens (tertiary/aromatic N) is 5. The lowest BCUT2D eigenvalue weighted by molar-refractivity contribution is -0.0187. The number of anilines is 3. The molecule has 1 fully saturated rings. The van der Waals surface area contributed by atoms with Gasteiger partial charge >= 0.3 is 7.75 Å². The molecule has 5 atom stereocenters. The van der Waals surface area contributed by atoms with Crippen LogP contribution in [0.4, 0.5) is 17.5 Å². The molecule has 2 aromatic heterocycles. The SMILES string of the molecule is CN1CN([C@H]2O[C@@H](COP(=O)(O)n3ccnc3)C(O)[C@H]2O)c2nc(N)[nH]c(=O)c21. The van der Waals surface area contributed by atoms with E-state index in [4.69, 9.17) is 15.0 Å². The number of aliphatic hydroxyl groups is 2. The van der Waals surface area contributed by atoms with E-state index in [1.807, 2.05) is 0 Å². The number of hydrogen-bond donors (Lipinski definition) is 5. The molecule has 0 amide bonds. The second-order valence-electron chi connectivity index (χ2n) is 6.71. The molecule has 0 aliphatic carbocycles. The van der Waals surface area contributed by atoms with Crippen molar-refractivity contribution in [3.05, 3.63) is 29.1 Å². The van der Waals surface area contributed by atoms with Crippen molar-refractivity contribution < 1.29 is 28.9 Å². The number of nitrogen functional groups attached to an aromatic ring is 1. The van der Waals surface area contributed by atoms with Crippen molar-refractivity contribution in [1.82, 2.24) is 19.3 Å². The van der Waals surface area contributed by atoms with E-state index in [1.54, 1.807) is 11.9 Å². The number of aliphatic hydroxyl groups excluding tert-OH is 2. The van der Waals surface area contributed by atoms with Crippen molar-refractivity contribution in [3.63, 3.8) is 0 Å². The predicted molar refractivity (Wildman–Crippen MR) is 99.1 cm³/mol. The number of H-pyrrole nitrogens is 1. The summed E-state index contributed by atoms with van der Waals surface area (Å²) in [5.41, 5.74) is 5.41. The number of nitrogens with one attached hydrogen (secondary N) is 1. The van der Waals surface area contributed by atoms with Gasteiger partial charge in [0.15, 0.2) is 12.0 Å². The van der Waals surface area contributed by atoms with E-state index in [1.165, 1.54) is 17.3 Å². The highest BCUT2D eigenvalue weighted by Gasteiger charge is 2.49. The van der Waals surface area contributed by atoms with Crippen molar-refractivity contribution >= 4 is 25.2 Å². The van der Waals surface area contributed by atoms with Gasteiger partial charge in [-0.15, -0.1) is 0 Å². The summed E-state index contributed by atoms with van der Waals surface area (Å²) in [6, 6.07) is 0. The van der Waals surface area contributed by atoms with Crippen LogP contribution in [0.5, 0.6) is 0 Å². The van der Waals surface area contributed by atoms with Crippen molar-refractivity contribution in [2.24, 2.45) is 0 Å². The Morgan fingerprint density at radius 3 is 2.90 bits per heavy atom. The summed E-state index contributed by atoms with van der Waals surface area (Å²) in [5, 5.41) is 20.8. The Kier molecular flexibility index (Phi) is 4.85. The first-order chi connectivity index (χ1) is 13.7. The summed E-state index contributed by atoms with van der Waals surface area (Å²) in [5.74, 6) is 0.0846. The zero-order valence-corrected chi connectivity index (χ0v) is 16.1. The molecule has 0 radical (unpaired) electrons. The molecule has 0 saturated carbocycles. The van der Waals surface area contributed by atoms with E-state index in [9.17, 15) is 24.5 Å².